The molecule has 0 aliphatic carbocycles. The number of ether oxygens (including phenoxy) is 3. The molecule has 0 aliphatic heterocycles. The summed E-state index contributed by atoms with van der Waals surface area (Å²) in [5.41, 5.74) is 1.71. The summed E-state index contributed by atoms with van der Waals surface area (Å²) >= 11 is 0. The van der Waals surface area contributed by atoms with E-state index in [1.807, 2.05) is 0 Å². The first-order valence-corrected chi connectivity index (χ1v) is 8.79. The molecule has 0 atom stereocenters. The number of methoxy groups -OCH3 is 2. The molecule has 0 aromatic heterocycles. The van der Waals surface area contributed by atoms with Gasteiger partial charge in [-0.3, -0.25) is 4.79 Å². The summed E-state index contributed by atoms with van der Waals surface area (Å²) in [4.78, 5) is 35.9. The van der Waals surface area contributed by atoms with Gasteiger partial charge in [-0.2, -0.15) is 5.26 Å². The second kappa shape index (κ2) is 10.4. The van der Waals surface area contributed by atoms with E-state index >= 15 is 0 Å². The Kier molecular flexibility index (Phi) is 7.71. The van der Waals surface area contributed by atoms with Crippen LogP contribution in [-0.4, -0.2) is 38.7 Å². The van der Waals surface area contributed by atoms with Crippen LogP contribution in [0.4, 0.5) is 5.69 Å². The van der Waals surface area contributed by atoms with Crippen molar-refractivity contribution in [2.45, 2.75) is 6.92 Å². The van der Waals surface area contributed by atoms with Gasteiger partial charge >= 0.3 is 11.9 Å². The lowest BCUT2D eigenvalue weighted by Crippen LogP contribution is -2.22. The number of nitriles is 1. The molecule has 0 bridgehead atoms. The second-order valence-electron chi connectivity index (χ2n) is 6.09. The van der Waals surface area contributed by atoms with Crippen LogP contribution in [0.2, 0.25) is 0 Å². The summed E-state index contributed by atoms with van der Waals surface area (Å²) in [5.74, 6) is -1.45. The van der Waals surface area contributed by atoms with Crippen molar-refractivity contribution < 1.29 is 28.6 Å². The molecule has 0 saturated carbocycles. The Labute approximate surface area is 173 Å². The molecule has 0 unspecified atom stereocenters. The largest absolute Gasteiger partial charge is 0.497 e. The summed E-state index contributed by atoms with van der Waals surface area (Å²) in [5, 5.41) is 11.8. The summed E-state index contributed by atoms with van der Waals surface area (Å²) in [6, 6.07) is 13.2. The van der Waals surface area contributed by atoms with Crippen molar-refractivity contribution in [1.82, 2.24) is 0 Å². The summed E-state index contributed by atoms with van der Waals surface area (Å²) in [6.07, 6.45) is 1.35. The minimum Gasteiger partial charge on any atom is -0.497 e. The van der Waals surface area contributed by atoms with Gasteiger partial charge in [0.2, 0.25) is 0 Å². The van der Waals surface area contributed by atoms with Gasteiger partial charge in [0.15, 0.2) is 6.61 Å². The fourth-order valence-corrected chi connectivity index (χ4v) is 2.40. The molecule has 0 radical (unpaired) electrons. The lowest BCUT2D eigenvalue weighted by atomic mass is 10.1. The Morgan fingerprint density at radius 2 is 1.80 bits per heavy atom. The van der Waals surface area contributed by atoms with Gasteiger partial charge in [0.1, 0.15) is 17.4 Å². The maximum Gasteiger partial charge on any atom is 0.349 e. The van der Waals surface area contributed by atoms with Crippen molar-refractivity contribution in [3.63, 3.8) is 0 Å². The van der Waals surface area contributed by atoms with Gasteiger partial charge in [0.05, 0.1) is 19.8 Å². The lowest BCUT2D eigenvalue weighted by Gasteiger charge is -2.10. The lowest BCUT2D eigenvalue weighted by molar-refractivity contribution is -0.142. The highest BCUT2D eigenvalue weighted by molar-refractivity contribution is 6.00. The molecule has 0 aliphatic rings. The third kappa shape index (κ3) is 5.94. The SMILES string of the molecule is COC(=O)c1ccc(C)c(NC(=O)COC(=O)/C(C#N)=C/c2ccc(OC)cc2)c1. The third-order valence-corrected chi connectivity index (χ3v) is 4.03. The van der Waals surface area contributed by atoms with Gasteiger partial charge in [0.25, 0.3) is 5.91 Å². The smallest absolute Gasteiger partial charge is 0.349 e. The standard InChI is InChI=1S/C22H20N2O6/c1-14-4-7-16(21(26)29-3)11-19(14)24-20(25)13-30-22(27)17(12-23)10-15-5-8-18(28-2)9-6-15/h4-11H,13H2,1-3H3,(H,24,25)/b17-10+. The average molecular weight is 408 g/mol. The Morgan fingerprint density at radius 1 is 1.10 bits per heavy atom. The molecule has 2 aromatic rings. The molecule has 1 N–H and O–H groups in total. The Bertz CT molecular complexity index is 1020. The number of nitrogens with zero attached hydrogens (tertiary/aromatic N) is 1. The average Bonchev–Trinajstić information content (AvgIpc) is 2.77. The zero-order valence-electron chi connectivity index (χ0n) is 16.7. The topological polar surface area (TPSA) is 115 Å². The molecule has 2 aromatic carbocycles. The number of rotatable bonds is 7. The van der Waals surface area contributed by atoms with Crippen molar-refractivity contribution in [3.05, 3.63) is 64.7 Å². The molecule has 0 saturated heterocycles. The van der Waals surface area contributed by atoms with Gasteiger partial charge < -0.3 is 19.5 Å². The molecule has 2 rings (SSSR count). The van der Waals surface area contributed by atoms with Crippen LogP contribution < -0.4 is 10.1 Å². The summed E-state index contributed by atoms with van der Waals surface area (Å²) < 4.78 is 14.6. The highest BCUT2D eigenvalue weighted by Gasteiger charge is 2.15. The quantitative estimate of drug-likeness (QED) is 0.425. The van der Waals surface area contributed by atoms with Crippen LogP contribution in [0.25, 0.3) is 6.08 Å². The highest BCUT2D eigenvalue weighted by atomic mass is 16.5. The van der Waals surface area contributed by atoms with E-state index in [0.717, 1.165) is 0 Å². The second-order valence-corrected chi connectivity index (χ2v) is 6.09. The van der Waals surface area contributed by atoms with Gasteiger partial charge in [-0.15, -0.1) is 0 Å². The normalized spacial score (nSPS) is 10.5. The number of carbonyl (C=O) groups excluding carboxylic acids is 3. The van der Waals surface area contributed by atoms with Crippen LogP contribution in [0.1, 0.15) is 21.5 Å². The van der Waals surface area contributed by atoms with E-state index in [-0.39, 0.29) is 11.1 Å². The number of esters is 2. The molecule has 0 fully saturated rings. The molecule has 30 heavy (non-hydrogen) atoms. The van der Waals surface area contributed by atoms with E-state index in [2.05, 4.69) is 10.1 Å². The van der Waals surface area contributed by atoms with E-state index in [0.29, 0.717) is 22.6 Å². The van der Waals surface area contributed by atoms with Crippen LogP contribution >= 0.6 is 0 Å². The van der Waals surface area contributed by atoms with E-state index in [4.69, 9.17) is 9.47 Å². The fraction of sp³-hybridized carbons (Fsp3) is 0.182. The number of hydrogen-bond acceptors (Lipinski definition) is 7. The fourth-order valence-electron chi connectivity index (χ4n) is 2.40. The van der Waals surface area contributed by atoms with Crippen molar-refractivity contribution in [2.75, 3.05) is 26.1 Å². The van der Waals surface area contributed by atoms with E-state index in [1.54, 1.807) is 49.4 Å². The van der Waals surface area contributed by atoms with E-state index in [9.17, 15) is 19.6 Å². The van der Waals surface area contributed by atoms with Crippen LogP contribution in [0.5, 0.6) is 5.75 Å². The van der Waals surface area contributed by atoms with Crippen molar-refractivity contribution in [2.24, 2.45) is 0 Å². The first-order valence-electron chi connectivity index (χ1n) is 8.79. The van der Waals surface area contributed by atoms with Gasteiger partial charge in [-0.1, -0.05) is 18.2 Å². The summed E-state index contributed by atoms with van der Waals surface area (Å²) in [6.45, 7) is 1.15. The number of aryl methyl sites for hydroxylation is 1. The number of nitrogens with one attached hydrogen (secondary N) is 1. The Balaban J connectivity index is 2.01. The van der Waals surface area contributed by atoms with Gasteiger partial charge in [0, 0.05) is 5.69 Å². The van der Waals surface area contributed by atoms with Gasteiger partial charge in [-0.25, -0.2) is 9.59 Å². The Hall–Kier alpha value is -4.12. The van der Waals surface area contributed by atoms with Crippen LogP contribution in [0, 0.1) is 18.3 Å². The van der Waals surface area contributed by atoms with Crippen LogP contribution in [0.15, 0.2) is 48.0 Å². The molecular weight excluding hydrogens is 388 g/mol. The number of amides is 1. The first-order chi connectivity index (χ1) is 14.4. The Morgan fingerprint density at radius 3 is 2.40 bits per heavy atom. The molecule has 1 amide bonds. The van der Waals surface area contributed by atoms with Gasteiger partial charge in [-0.05, 0) is 48.4 Å². The molecule has 8 heteroatoms. The van der Waals surface area contributed by atoms with Crippen LogP contribution in [-0.2, 0) is 19.1 Å². The molecule has 154 valence electrons. The van der Waals surface area contributed by atoms with Crippen LogP contribution in [0.3, 0.4) is 0 Å². The minimum atomic E-state index is -0.927. The van der Waals surface area contributed by atoms with Crippen molar-refractivity contribution >= 4 is 29.6 Å². The number of carbonyl (C=O) groups is 3. The molecular formula is C22H20N2O6. The number of benzene rings is 2. The summed E-state index contributed by atoms with van der Waals surface area (Å²) in [7, 11) is 2.79. The zero-order valence-corrected chi connectivity index (χ0v) is 16.7. The third-order valence-electron chi connectivity index (χ3n) is 4.03. The number of anilines is 1. The predicted molar refractivity (Wildman–Crippen MR) is 109 cm³/mol. The molecule has 0 heterocycles. The monoisotopic (exact) mass is 408 g/mol. The van der Waals surface area contributed by atoms with Crippen molar-refractivity contribution in [1.29, 1.82) is 5.26 Å². The minimum absolute atomic E-state index is 0.253. The van der Waals surface area contributed by atoms with E-state index in [1.165, 1.54) is 26.4 Å². The maximum absolute atomic E-state index is 12.1. The zero-order chi connectivity index (χ0) is 22.1. The highest BCUT2D eigenvalue weighted by Crippen LogP contribution is 2.18. The maximum atomic E-state index is 12.1. The molecule has 8 nitrogen and oxygen atoms in total. The van der Waals surface area contributed by atoms with E-state index < -0.39 is 24.5 Å². The molecule has 0 spiro atoms. The van der Waals surface area contributed by atoms with Crippen molar-refractivity contribution in [3.8, 4) is 11.8 Å². The first kappa shape index (κ1) is 22.2. The number of hydrogen-bond donors (Lipinski definition) is 1. The predicted octanol–water partition coefficient (Wildman–Crippen LogP) is 2.88.